The zero-order chi connectivity index (χ0) is 51.0. The first-order valence-corrected chi connectivity index (χ1v) is 30.8. The number of phosphoric ester groups is 1. The summed E-state index contributed by atoms with van der Waals surface area (Å²) >= 11 is 0. The van der Waals surface area contributed by atoms with Gasteiger partial charge in [-0.1, -0.05) is 267 Å². The van der Waals surface area contributed by atoms with Gasteiger partial charge in [0.05, 0.1) is 13.2 Å². The molecule has 0 aliphatic heterocycles. The second kappa shape index (κ2) is 56.0. The van der Waals surface area contributed by atoms with Gasteiger partial charge in [-0.15, -0.1) is 0 Å². The van der Waals surface area contributed by atoms with Crippen molar-refractivity contribution in [3.8, 4) is 0 Å². The fourth-order valence-electron chi connectivity index (χ4n) is 8.37. The van der Waals surface area contributed by atoms with Crippen molar-refractivity contribution in [3.63, 3.8) is 0 Å². The molecule has 0 rings (SSSR count). The maximum atomic E-state index is 12.7. The van der Waals surface area contributed by atoms with Crippen LogP contribution >= 0.6 is 7.82 Å². The molecule has 0 heterocycles. The molecule has 0 aliphatic carbocycles. The highest BCUT2D eigenvalue weighted by atomic mass is 31.2. The number of nitrogens with two attached hydrogens (primary N) is 1. The van der Waals surface area contributed by atoms with E-state index in [0.29, 0.717) is 6.42 Å². The third kappa shape index (κ3) is 55.0. The first-order valence-electron chi connectivity index (χ1n) is 29.3. The maximum Gasteiger partial charge on any atom is 0.472 e. The minimum absolute atomic E-state index is 0.0516. The van der Waals surface area contributed by atoms with Crippen molar-refractivity contribution >= 4 is 19.8 Å². The van der Waals surface area contributed by atoms with Crippen LogP contribution in [0.2, 0.25) is 0 Å². The van der Waals surface area contributed by atoms with Gasteiger partial charge in [0.25, 0.3) is 0 Å². The summed E-state index contributed by atoms with van der Waals surface area (Å²) in [6.45, 7) is 3.66. The second-order valence-corrected chi connectivity index (χ2v) is 20.9. The van der Waals surface area contributed by atoms with E-state index in [-0.39, 0.29) is 38.6 Å². The molecule has 0 saturated carbocycles. The number of esters is 2. The predicted molar refractivity (Wildman–Crippen MR) is 298 cm³/mol. The number of unbranched alkanes of at least 4 members (excludes halogenated alkanes) is 32. The van der Waals surface area contributed by atoms with Crippen molar-refractivity contribution in [2.45, 2.75) is 283 Å². The molecule has 0 aromatic rings. The Morgan fingerprint density at radius 3 is 1.17 bits per heavy atom. The summed E-state index contributed by atoms with van der Waals surface area (Å²) in [7, 11) is -4.39. The van der Waals surface area contributed by atoms with Crippen LogP contribution in [-0.2, 0) is 32.7 Å². The van der Waals surface area contributed by atoms with Crippen LogP contribution in [0.15, 0.2) is 60.8 Å². The van der Waals surface area contributed by atoms with E-state index in [2.05, 4.69) is 74.6 Å². The van der Waals surface area contributed by atoms with E-state index >= 15 is 0 Å². The number of allylic oxidation sites excluding steroid dienone is 10. The van der Waals surface area contributed by atoms with E-state index in [0.717, 1.165) is 77.0 Å². The summed E-state index contributed by atoms with van der Waals surface area (Å²) in [5.41, 5.74) is 5.38. The van der Waals surface area contributed by atoms with E-state index in [1.807, 2.05) is 0 Å². The third-order valence-electron chi connectivity index (χ3n) is 12.7. The molecule has 2 unspecified atom stereocenters. The van der Waals surface area contributed by atoms with Gasteiger partial charge in [-0.2, -0.15) is 0 Å². The van der Waals surface area contributed by atoms with Crippen LogP contribution in [0.3, 0.4) is 0 Å². The lowest BCUT2D eigenvalue weighted by molar-refractivity contribution is -0.161. The molecule has 0 saturated heterocycles. The van der Waals surface area contributed by atoms with Crippen molar-refractivity contribution < 1.29 is 37.6 Å². The molecule has 3 N–H and O–H groups in total. The molecule has 0 aromatic heterocycles. The highest BCUT2D eigenvalue weighted by Gasteiger charge is 2.26. The van der Waals surface area contributed by atoms with E-state index in [1.165, 1.54) is 167 Å². The summed E-state index contributed by atoms with van der Waals surface area (Å²) in [6, 6.07) is 0. The average Bonchev–Trinajstić information content (AvgIpc) is 3.35. The van der Waals surface area contributed by atoms with E-state index < -0.39 is 26.5 Å². The summed E-state index contributed by atoms with van der Waals surface area (Å²) in [5, 5.41) is 0. The molecule has 0 aliphatic rings. The van der Waals surface area contributed by atoms with Crippen LogP contribution in [0, 0.1) is 0 Å². The molecule has 10 heteroatoms. The SMILES string of the molecule is CC/C=C\C/C=C\C/C=C\C/C=C\C/C=C\CCCCCCCCCCCC(=O)OC(COC(=O)CCCCCCCCCCCCCCCCCCCCCCCCCC)COP(=O)(O)OCCN. The molecule has 0 aromatic carbocycles. The van der Waals surface area contributed by atoms with Gasteiger partial charge in [0, 0.05) is 19.4 Å². The van der Waals surface area contributed by atoms with Crippen LogP contribution in [0.5, 0.6) is 0 Å². The van der Waals surface area contributed by atoms with E-state index in [1.54, 1.807) is 0 Å². The summed E-state index contributed by atoms with van der Waals surface area (Å²) < 4.78 is 33.1. The molecular formula is C60H110NO8P. The molecule has 0 bridgehead atoms. The first-order chi connectivity index (χ1) is 34.3. The quantitative estimate of drug-likeness (QED) is 0.0264. The molecular weight excluding hydrogens is 894 g/mol. The Morgan fingerprint density at radius 1 is 0.443 bits per heavy atom. The van der Waals surface area contributed by atoms with Crippen molar-refractivity contribution in [1.29, 1.82) is 0 Å². The predicted octanol–water partition coefficient (Wildman–Crippen LogP) is 18.3. The van der Waals surface area contributed by atoms with Gasteiger partial charge in [0.15, 0.2) is 6.10 Å². The topological polar surface area (TPSA) is 134 Å². The number of hydrogen-bond acceptors (Lipinski definition) is 8. The van der Waals surface area contributed by atoms with Gasteiger partial charge >= 0.3 is 19.8 Å². The Balaban J connectivity index is 3.97. The van der Waals surface area contributed by atoms with Crippen molar-refractivity contribution in [3.05, 3.63) is 60.8 Å². The summed E-state index contributed by atoms with van der Waals surface area (Å²) in [6.07, 6.45) is 69.9. The monoisotopic (exact) mass is 1000 g/mol. The lowest BCUT2D eigenvalue weighted by Gasteiger charge is -2.19. The Hall–Kier alpha value is -2.29. The van der Waals surface area contributed by atoms with E-state index in [4.69, 9.17) is 24.3 Å². The van der Waals surface area contributed by atoms with Crippen LogP contribution in [-0.4, -0.2) is 49.3 Å². The summed E-state index contributed by atoms with van der Waals surface area (Å²) in [5.74, 6) is -0.824. The van der Waals surface area contributed by atoms with Crippen LogP contribution in [0.4, 0.5) is 0 Å². The molecule has 0 amide bonds. The molecule has 2 atom stereocenters. The Kier molecular flexibility index (Phi) is 54.2. The highest BCUT2D eigenvalue weighted by Crippen LogP contribution is 2.43. The minimum atomic E-state index is -4.39. The highest BCUT2D eigenvalue weighted by molar-refractivity contribution is 7.47. The third-order valence-corrected chi connectivity index (χ3v) is 13.7. The maximum absolute atomic E-state index is 12.7. The van der Waals surface area contributed by atoms with Crippen LogP contribution < -0.4 is 5.73 Å². The molecule has 70 heavy (non-hydrogen) atoms. The molecule has 9 nitrogen and oxygen atoms in total. The molecule has 0 fully saturated rings. The number of carbonyl (C=O) groups excluding carboxylic acids is 2. The Morgan fingerprint density at radius 2 is 0.786 bits per heavy atom. The molecule has 0 spiro atoms. The Labute approximate surface area is 431 Å². The van der Waals surface area contributed by atoms with Crippen LogP contribution in [0.1, 0.15) is 277 Å². The number of ether oxygens (including phenoxy) is 2. The minimum Gasteiger partial charge on any atom is -0.462 e. The largest absolute Gasteiger partial charge is 0.472 e. The van der Waals surface area contributed by atoms with Gasteiger partial charge < -0.3 is 20.1 Å². The van der Waals surface area contributed by atoms with Gasteiger partial charge in [-0.3, -0.25) is 18.6 Å². The van der Waals surface area contributed by atoms with Crippen molar-refractivity contribution in [1.82, 2.24) is 0 Å². The van der Waals surface area contributed by atoms with Crippen LogP contribution in [0.25, 0.3) is 0 Å². The summed E-state index contributed by atoms with van der Waals surface area (Å²) in [4.78, 5) is 35.2. The molecule has 408 valence electrons. The second-order valence-electron chi connectivity index (χ2n) is 19.5. The number of rotatable bonds is 55. The first kappa shape index (κ1) is 67.7. The molecule has 0 radical (unpaired) electrons. The zero-order valence-electron chi connectivity index (χ0n) is 45.5. The van der Waals surface area contributed by atoms with Gasteiger partial charge in [-0.25, -0.2) is 4.57 Å². The Bertz CT molecular complexity index is 1330. The number of carbonyl (C=O) groups is 2. The standard InChI is InChI=1S/C60H110NO8P/c1-3-5-7-9-11-13-15-17-19-21-23-25-27-29-31-33-35-37-39-41-43-45-47-49-51-53-60(63)69-58(57-68-70(64,65)67-55-54-61)56-66-59(62)52-50-48-46-44-42-40-38-36-34-32-30-28-26-24-22-20-18-16-14-12-10-8-6-4-2/h5,7,11,13,17,19,23,25,29,31,58H,3-4,6,8-10,12,14-16,18,20-22,24,26-28,30,32-57,61H2,1-2H3,(H,64,65)/b7-5-,13-11-,19-17-,25-23-,31-29-. The van der Waals surface area contributed by atoms with Gasteiger partial charge in [0.1, 0.15) is 6.61 Å². The normalized spacial score (nSPS) is 13.5. The number of phosphoric acid groups is 1. The lowest BCUT2D eigenvalue weighted by atomic mass is 10.0. The van der Waals surface area contributed by atoms with E-state index in [9.17, 15) is 19.0 Å². The fraction of sp³-hybridized carbons (Fsp3) is 0.800. The fourth-order valence-corrected chi connectivity index (χ4v) is 9.14. The number of hydrogen-bond donors (Lipinski definition) is 2. The van der Waals surface area contributed by atoms with Gasteiger partial charge in [-0.05, 0) is 57.8 Å². The average molecular weight is 1000 g/mol. The van der Waals surface area contributed by atoms with Crippen molar-refractivity contribution in [2.75, 3.05) is 26.4 Å². The smallest absolute Gasteiger partial charge is 0.462 e. The zero-order valence-corrected chi connectivity index (χ0v) is 46.4. The van der Waals surface area contributed by atoms with Crippen molar-refractivity contribution in [2.24, 2.45) is 5.73 Å². The van der Waals surface area contributed by atoms with Gasteiger partial charge in [0.2, 0.25) is 0 Å². The lowest BCUT2D eigenvalue weighted by Crippen LogP contribution is -2.29.